The van der Waals surface area contributed by atoms with Gasteiger partial charge in [-0.05, 0) is 95.2 Å². The molecule has 1 aliphatic rings. The topological polar surface area (TPSA) is 18.5 Å². The standard InChI is InChI=1S/C32H29BO2/c1-31(2)32(3,4)35-33(34-31)28-14-9-13-26(20-28)30-21-27(19-25-12-7-8-15-29(25)30)24-17-16-22-10-5-6-11-23(22)18-24/h5-21H,1-4H3. The van der Waals surface area contributed by atoms with Crippen molar-refractivity contribution in [3.05, 3.63) is 103 Å². The number of fused-ring (bicyclic) bond motifs is 2. The molecule has 5 aromatic carbocycles. The summed E-state index contributed by atoms with van der Waals surface area (Å²) in [6, 6.07) is 37.1. The molecule has 172 valence electrons. The van der Waals surface area contributed by atoms with Crippen LogP contribution in [0.4, 0.5) is 0 Å². The van der Waals surface area contributed by atoms with Crippen molar-refractivity contribution in [2.24, 2.45) is 0 Å². The molecule has 3 heteroatoms. The Hall–Kier alpha value is -3.40. The third-order valence-electron chi connectivity index (χ3n) is 7.67. The molecule has 0 aliphatic carbocycles. The summed E-state index contributed by atoms with van der Waals surface area (Å²) in [4.78, 5) is 0. The summed E-state index contributed by atoms with van der Waals surface area (Å²) in [5, 5.41) is 4.98. The van der Waals surface area contributed by atoms with Gasteiger partial charge in [-0.15, -0.1) is 0 Å². The molecule has 5 aromatic rings. The summed E-state index contributed by atoms with van der Waals surface area (Å²) in [5.41, 5.74) is 5.12. The summed E-state index contributed by atoms with van der Waals surface area (Å²) in [5.74, 6) is 0. The van der Waals surface area contributed by atoms with E-state index in [-0.39, 0.29) is 18.3 Å². The molecule has 0 unspecified atom stereocenters. The lowest BCUT2D eigenvalue weighted by Gasteiger charge is -2.32. The van der Waals surface area contributed by atoms with E-state index in [0.29, 0.717) is 0 Å². The molecular formula is C32H29BO2. The van der Waals surface area contributed by atoms with Gasteiger partial charge in [0.05, 0.1) is 11.2 Å². The van der Waals surface area contributed by atoms with Crippen LogP contribution in [0.5, 0.6) is 0 Å². The summed E-state index contributed by atoms with van der Waals surface area (Å²) in [6.45, 7) is 8.38. The van der Waals surface area contributed by atoms with Crippen molar-refractivity contribution in [3.8, 4) is 22.3 Å². The van der Waals surface area contributed by atoms with Crippen molar-refractivity contribution in [2.45, 2.75) is 38.9 Å². The van der Waals surface area contributed by atoms with Crippen molar-refractivity contribution in [2.75, 3.05) is 0 Å². The largest absolute Gasteiger partial charge is 0.494 e. The lowest BCUT2D eigenvalue weighted by atomic mass is 9.77. The SMILES string of the molecule is CC1(C)OB(c2cccc(-c3cc(-c4ccc5ccccc5c4)cc4ccccc34)c2)OC1(C)C. The Kier molecular flexibility index (Phi) is 5.10. The van der Waals surface area contributed by atoms with Gasteiger partial charge in [-0.3, -0.25) is 0 Å². The van der Waals surface area contributed by atoms with Crippen LogP contribution in [0.15, 0.2) is 103 Å². The van der Waals surface area contributed by atoms with Crippen LogP contribution in [0.1, 0.15) is 27.7 Å². The molecule has 0 N–H and O–H groups in total. The van der Waals surface area contributed by atoms with E-state index < -0.39 is 0 Å². The molecule has 2 nitrogen and oxygen atoms in total. The van der Waals surface area contributed by atoms with Gasteiger partial charge < -0.3 is 9.31 Å². The van der Waals surface area contributed by atoms with E-state index >= 15 is 0 Å². The lowest BCUT2D eigenvalue weighted by Crippen LogP contribution is -2.41. The Bertz CT molecular complexity index is 1550. The summed E-state index contributed by atoms with van der Waals surface area (Å²) in [6.07, 6.45) is 0. The highest BCUT2D eigenvalue weighted by Gasteiger charge is 2.51. The molecule has 1 saturated heterocycles. The minimum absolute atomic E-state index is 0.365. The van der Waals surface area contributed by atoms with Crippen molar-refractivity contribution in [1.29, 1.82) is 0 Å². The summed E-state index contributed by atoms with van der Waals surface area (Å²) >= 11 is 0. The van der Waals surface area contributed by atoms with E-state index in [1.165, 1.54) is 38.2 Å². The lowest BCUT2D eigenvalue weighted by molar-refractivity contribution is 0.00578. The average Bonchev–Trinajstić information content (AvgIpc) is 3.09. The first kappa shape index (κ1) is 22.1. The predicted molar refractivity (Wildman–Crippen MR) is 148 cm³/mol. The number of benzene rings is 5. The van der Waals surface area contributed by atoms with Crippen LogP contribution >= 0.6 is 0 Å². The zero-order valence-corrected chi connectivity index (χ0v) is 20.7. The van der Waals surface area contributed by atoms with Crippen molar-refractivity contribution in [3.63, 3.8) is 0 Å². The maximum atomic E-state index is 6.34. The summed E-state index contributed by atoms with van der Waals surface area (Å²) in [7, 11) is -0.380. The summed E-state index contributed by atoms with van der Waals surface area (Å²) < 4.78 is 12.7. The molecule has 0 aromatic heterocycles. The van der Waals surface area contributed by atoms with E-state index in [1.54, 1.807) is 0 Å². The van der Waals surface area contributed by atoms with E-state index in [4.69, 9.17) is 9.31 Å². The van der Waals surface area contributed by atoms with Gasteiger partial charge in [0.1, 0.15) is 0 Å². The average molecular weight is 456 g/mol. The second-order valence-corrected chi connectivity index (χ2v) is 10.5. The fraction of sp³-hybridized carbons (Fsp3) is 0.188. The molecule has 0 amide bonds. The first-order chi connectivity index (χ1) is 16.8. The number of hydrogen-bond acceptors (Lipinski definition) is 2. The van der Waals surface area contributed by atoms with E-state index in [1.807, 2.05) is 0 Å². The van der Waals surface area contributed by atoms with E-state index in [9.17, 15) is 0 Å². The third kappa shape index (κ3) is 3.85. The maximum absolute atomic E-state index is 6.34. The first-order valence-electron chi connectivity index (χ1n) is 12.3. The van der Waals surface area contributed by atoms with Gasteiger partial charge in [0.15, 0.2) is 0 Å². The van der Waals surface area contributed by atoms with Crippen LogP contribution in [0.2, 0.25) is 0 Å². The van der Waals surface area contributed by atoms with Crippen LogP contribution in [-0.4, -0.2) is 18.3 Å². The van der Waals surface area contributed by atoms with Gasteiger partial charge in [0.25, 0.3) is 0 Å². The van der Waals surface area contributed by atoms with Crippen LogP contribution < -0.4 is 5.46 Å². The zero-order valence-electron chi connectivity index (χ0n) is 20.7. The van der Waals surface area contributed by atoms with Gasteiger partial charge >= 0.3 is 7.12 Å². The second-order valence-electron chi connectivity index (χ2n) is 10.5. The second kappa shape index (κ2) is 8.08. The number of rotatable bonds is 3. The van der Waals surface area contributed by atoms with E-state index in [2.05, 4.69) is 131 Å². The Labute approximate surface area is 207 Å². The van der Waals surface area contributed by atoms with Crippen molar-refractivity contribution >= 4 is 34.1 Å². The molecule has 0 atom stereocenters. The highest BCUT2D eigenvalue weighted by molar-refractivity contribution is 6.62. The van der Waals surface area contributed by atoms with Gasteiger partial charge in [0.2, 0.25) is 0 Å². The minimum Gasteiger partial charge on any atom is -0.399 e. The third-order valence-corrected chi connectivity index (χ3v) is 7.67. The molecular weight excluding hydrogens is 427 g/mol. The Morgan fingerprint density at radius 1 is 0.514 bits per heavy atom. The first-order valence-corrected chi connectivity index (χ1v) is 12.3. The Morgan fingerprint density at radius 2 is 1.17 bits per heavy atom. The zero-order chi connectivity index (χ0) is 24.2. The molecule has 0 bridgehead atoms. The molecule has 0 radical (unpaired) electrons. The van der Waals surface area contributed by atoms with Crippen molar-refractivity contribution in [1.82, 2.24) is 0 Å². The normalized spacial score (nSPS) is 16.7. The van der Waals surface area contributed by atoms with Gasteiger partial charge in [-0.1, -0.05) is 84.9 Å². The Morgan fingerprint density at radius 3 is 1.94 bits per heavy atom. The molecule has 1 aliphatic heterocycles. The minimum atomic E-state index is -0.380. The monoisotopic (exact) mass is 456 g/mol. The molecule has 35 heavy (non-hydrogen) atoms. The quantitative estimate of drug-likeness (QED) is 0.260. The van der Waals surface area contributed by atoms with E-state index in [0.717, 1.165) is 11.0 Å². The van der Waals surface area contributed by atoms with Crippen LogP contribution in [0.25, 0.3) is 43.8 Å². The van der Waals surface area contributed by atoms with Crippen molar-refractivity contribution < 1.29 is 9.31 Å². The van der Waals surface area contributed by atoms with Gasteiger partial charge in [0, 0.05) is 0 Å². The molecule has 6 rings (SSSR count). The van der Waals surface area contributed by atoms with Gasteiger partial charge in [-0.25, -0.2) is 0 Å². The Balaban J connectivity index is 1.48. The fourth-order valence-electron chi connectivity index (χ4n) is 4.92. The van der Waals surface area contributed by atoms with Crippen LogP contribution in [-0.2, 0) is 9.31 Å². The van der Waals surface area contributed by atoms with Crippen LogP contribution in [0.3, 0.4) is 0 Å². The predicted octanol–water partition coefficient (Wildman–Crippen LogP) is 7.63. The highest BCUT2D eigenvalue weighted by Crippen LogP contribution is 2.38. The van der Waals surface area contributed by atoms with Gasteiger partial charge in [-0.2, -0.15) is 0 Å². The van der Waals surface area contributed by atoms with Crippen LogP contribution in [0, 0.1) is 0 Å². The molecule has 0 spiro atoms. The molecule has 1 heterocycles. The molecule has 1 fully saturated rings. The maximum Gasteiger partial charge on any atom is 0.494 e. The molecule has 0 saturated carbocycles. The highest BCUT2D eigenvalue weighted by atomic mass is 16.7. The number of hydrogen-bond donors (Lipinski definition) is 0. The smallest absolute Gasteiger partial charge is 0.399 e. The fourth-order valence-corrected chi connectivity index (χ4v) is 4.92.